The summed E-state index contributed by atoms with van der Waals surface area (Å²) in [5, 5.41) is 0.730. The van der Waals surface area contributed by atoms with Gasteiger partial charge in [-0.3, -0.25) is 9.69 Å². The molecular formula is C23H27N3O3S. The Morgan fingerprint density at radius 3 is 2.60 bits per heavy atom. The summed E-state index contributed by atoms with van der Waals surface area (Å²) in [5.41, 5.74) is 3.87. The van der Waals surface area contributed by atoms with E-state index >= 15 is 0 Å². The fourth-order valence-electron chi connectivity index (χ4n) is 3.73. The van der Waals surface area contributed by atoms with Crippen molar-refractivity contribution in [3.63, 3.8) is 0 Å². The minimum absolute atomic E-state index is 0.0751. The molecule has 0 atom stereocenters. The molecule has 2 aromatic carbocycles. The lowest BCUT2D eigenvalue weighted by molar-refractivity contribution is 0.0983. The first kappa shape index (κ1) is 20.6. The first-order valence-corrected chi connectivity index (χ1v) is 11.1. The minimum atomic E-state index is -0.0751. The van der Waals surface area contributed by atoms with Crippen LogP contribution in [0.1, 0.15) is 35.3 Å². The molecule has 2 heterocycles. The number of rotatable bonds is 7. The molecule has 0 saturated heterocycles. The third kappa shape index (κ3) is 4.00. The molecule has 3 aromatic rings. The maximum absolute atomic E-state index is 13.5. The van der Waals surface area contributed by atoms with Gasteiger partial charge in [-0.25, -0.2) is 4.98 Å². The van der Waals surface area contributed by atoms with Gasteiger partial charge >= 0.3 is 0 Å². The molecule has 1 aromatic heterocycles. The van der Waals surface area contributed by atoms with E-state index in [2.05, 4.69) is 44.7 Å². The minimum Gasteiger partial charge on any atom is -0.454 e. The Morgan fingerprint density at radius 1 is 1.07 bits per heavy atom. The monoisotopic (exact) mass is 425 g/mol. The lowest BCUT2D eigenvalue weighted by atomic mass is 10.1. The van der Waals surface area contributed by atoms with Crippen LogP contribution in [0.3, 0.4) is 0 Å². The highest BCUT2D eigenvalue weighted by atomic mass is 32.1. The highest BCUT2D eigenvalue weighted by Crippen LogP contribution is 2.35. The fraction of sp³-hybridized carbons (Fsp3) is 0.391. The van der Waals surface area contributed by atoms with E-state index in [1.807, 2.05) is 0 Å². The summed E-state index contributed by atoms with van der Waals surface area (Å²) >= 11 is 1.57. The second kappa shape index (κ2) is 8.62. The van der Waals surface area contributed by atoms with Crippen molar-refractivity contribution in [2.24, 2.45) is 0 Å². The molecule has 0 saturated carbocycles. The van der Waals surface area contributed by atoms with Gasteiger partial charge in [0.1, 0.15) is 0 Å². The standard InChI is InChI=1S/C23H27N3O3S/c1-5-25(6-2)9-10-26(22(27)17-7-8-18-19(13-17)29-14-28-18)23-24-21-16(4)11-15(3)12-20(21)30-23/h7-8,11-13H,5-6,9-10,14H2,1-4H3. The largest absolute Gasteiger partial charge is 0.454 e. The average molecular weight is 426 g/mol. The molecule has 4 rings (SSSR count). The van der Waals surface area contributed by atoms with Crippen molar-refractivity contribution in [1.82, 2.24) is 9.88 Å². The van der Waals surface area contributed by atoms with Crippen LogP contribution in [-0.4, -0.2) is 48.8 Å². The Bertz CT molecular complexity index is 1070. The Balaban J connectivity index is 1.70. The summed E-state index contributed by atoms with van der Waals surface area (Å²) in [6, 6.07) is 9.62. The van der Waals surface area contributed by atoms with Gasteiger partial charge in [0, 0.05) is 18.7 Å². The van der Waals surface area contributed by atoms with Gasteiger partial charge in [0.15, 0.2) is 16.6 Å². The number of likely N-dealkylation sites (N-methyl/N-ethyl adjacent to an activating group) is 1. The van der Waals surface area contributed by atoms with Crippen LogP contribution in [0.25, 0.3) is 10.2 Å². The Kier molecular flexibility index (Phi) is 5.92. The van der Waals surface area contributed by atoms with Crippen LogP contribution in [0.5, 0.6) is 11.5 Å². The molecule has 0 spiro atoms. The molecule has 7 heteroatoms. The zero-order chi connectivity index (χ0) is 21.3. The van der Waals surface area contributed by atoms with Gasteiger partial charge in [-0.15, -0.1) is 0 Å². The van der Waals surface area contributed by atoms with Gasteiger partial charge in [-0.05, 0) is 62.3 Å². The number of nitrogens with zero attached hydrogens (tertiary/aromatic N) is 3. The predicted molar refractivity (Wildman–Crippen MR) is 121 cm³/mol. The van der Waals surface area contributed by atoms with Gasteiger partial charge in [-0.2, -0.15) is 0 Å². The molecule has 0 radical (unpaired) electrons. The van der Waals surface area contributed by atoms with E-state index in [9.17, 15) is 4.79 Å². The molecule has 6 nitrogen and oxygen atoms in total. The Morgan fingerprint density at radius 2 is 1.83 bits per heavy atom. The number of carbonyl (C=O) groups is 1. The summed E-state index contributed by atoms with van der Waals surface area (Å²) in [5.74, 6) is 1.21. The van der Waals surface area contributed by atoms with Gasteiger partial charge < -0.3 is 14.4 Å². The second-order valence-electron chi connectivity index (χ2n) is 7.48. The Hall–Kier alpha value is -2.64. The van der Waals surface area contributed by atoms with Gasteiger partial charge in [0.05, 0.1) is 10.2 Å². The summed E-state index contributed by atoms with van der Waals surface area (Å²) in [7, 11) is 0. The maximum Gasteiger partial charge on any atom is 0.260 e. The molecule has 0 unspecified atom stereocenters. The highest BCUT2D eigenvalue weighted by Gasteiger charge is 2.24. The zero-order valence-electron chi connectivity index (χ0n) is 17.9. The topological polar surface area (TPSA) is 54.9 Å². The van der Waals surface area contributed by atoms with Crippen molar-refractivity contribution in [3.8, 4) is 11.5 Å². The van der Waals surface area contributed by atoms with E-state index < -0.39 is 0 Å². The fourth-order valence-corrected chi connectivity index (χ4v) is 4.89. The summed E-state index contributed by atoms with van der Waals surface area (Å²) in [6.45, 7) is 11.9. The quantitative estimate of drug-likeness (QED) is 0.552. The molecule has 0 aliphatic carbocycles. The summed E-state index contributed by atoms with van der Waals surface area (Å²) < 4.78 is 12.0. The number of fused-ring (bicyclic) bond motifs is 2. The maximum atomic E-state index is 13.5. The van der Waals surface area contributed by atoms with Gasteiger partial charge in [0.2, 0.25) is 6.79 Å². The van der Waals surface area contributed by atoms with E-state index in [0.29, 0.717) is 23.6 Å². The van der Waals surface area contributed by atoms with Crippen molar-refractivity contribution < 1.29 is 14.3 Å². The van der Waals surface area contributed by atoms with Gasteiger partial charge in [-0.1, -0.05) is 31.3 Å². The molecule has 30 heavy (non-hydrogen) atoms. The first-order chi connectivity index (χ1) is 14.5. The number of aryl methyl sites for hydroxylation is 2. The van der Waals surface area contributed by atoms with Crippen molar-refractivity contribution in [2.45, 2.75) is 27.7 Å². The lowest BCUT2D eigenvalue weighted by Crippen LogP contribution is -2.38. The van der Waals surface area contributed by atoms with E-state index in [4.69, 9.17) is 14.5 Å². The molecule has 1 amide bonds. The van der Waals surface area contributed by atoms with Crippen LogP contribution in [0.4, 0.5) is 5.13 Å². The molecule has 158 valence electrons. The van der Waals surface area contributed by atoms with E-state index in [0.717, 1.165) is 40.5 Å². The smallest absolute Gasteiger partial charge is 0.260 e. The zero-order valence-corrected chi connectivity index (χ0v) is 18.7. The van der Waals surface area contributed by atoms with E-state index in [1.165, 1.54) is 5.56 Å². The second-order valence-corrected chi connectivity index (χ2v) is 8.49. The van der Waals surface area contributed by atoms with Crippen molar-refractivity contribution in [1.29, 1.82) is 0 Å². The number of hydrogen-bond acceptors (Lipinski definition) is 6. The predicted octanol–water partition coefficient (Wildman–Crippen LogP) is 4.63. The van der Waals surface area contributed by atoms with Crippen LogP contribution in [0, 0.1) is 13.8 Å². The molecule has 0 bridgehead atoms. The first-order valence-electron chi connectivity index (χ1n) is 10.3. The third-order valence-electron chi connectivity index (χ3n) is 5.45. The van der Waals surface area contributed by atoms with Crippen molar-refractivity contribution in [2.75, 3.05) is 37.9 Å². The van der Waals surface area contributed by atoms with Crippen LogP contribution in [-0.2, 0) is 0 Å². The van der Waals surface area contributed by atoms with Crippen LogP contribution in [0.2, 0.25) is 0 Å². The van der Waals surface area contributed by atoms with E-state index in [-0.39, 0.29) is 12.7 Å². The number of anilines is 1. The third-order valence-corrected chi connectivity index (χ3v) is 6.47. The van der Waals surface area contributed by atoms with Crippen molar-refractivity contribution in [3.05, 3.63) is 47.0 Å². The van der Waals surface area contributed by atoms with Crippen LogP contribution >= 0.6 is 11.3 Å². The number of thiazole rings is 1. The molecular weight excluding hydrogens is 398 g/mol. The number of benzene rings is 2. The van der Waals surface area contributed by atoms with E-state index in [1.54, 1.807) is 34.4 Å². The summed E-state index contributed by atoms with van der Waals surface area (Å²) in [6.07, 6.45) is 0. The number of hydrogen-bond donors (Lipinski definition) is 0. The average Bonchev–Trinajstić information content (AvgIpc) is 3.37. The van der Waals surface area contributed by atoms with Crippen LogP contribution in [0.15, 0.2) is 30.3 Å². The Labute approximate surface area is 181 Å². The van der Waals surface area contributed by atoms with Crippen molar-refractivity contribution >= 4 is 32.6 Å². The highest BCUT2D eigenvalue weighted by molar-refractivity contribution is 7.22. The molecule has 1 aliphatic rings. The SMILES string of the molecule is CCN(CC)CCN(C(=O)c1ccc2c(c1)OCO2)c1nc2c(C)cc(C)cc2s1. The molecule has 1 aliphatic heterocycles. The number of ether oxygens (including phenoxy) is 2. The van der Waals surface area contributed by atoms with Gasteiger partial charge in [0.25, 0.3) is 5.91 Å². The van der Waals surface area contributed by atoms with Crippen LogP contribution < -0.4 is 14.4 Å². The summed E-state index contributed by atoms with van der Waals surface area (Å²) in [4.78, 5) is 22.5. The lowest BCUT2D eigenvalue weighted by Gasteiger charge is -2.24. The number of carbonyl (C=O) groups excluding carboxylic acids is 1. The molecule has 0 fully saturated rings. The number of aromatic nitrogens is 1. The number of amides is 1. The molecule has 0 N–H and O–H groups in total. The normalized spacial score (nSPS) is 12.7.